The Morgan fingerprint density at radius 1 is 1.42 bits per heavy atom. The summed E-state index contributed by atoms with van der Waals surface area (Å²) < 4.78 is 2.08. The number of benzene rings is 1. The van der Waals surface area contributed by atoms with Crippen LogP contribution in [0.15, 0.2) is 24.4 Å². The molecule has 1 aromatic carbocycles. The second-order valence-corrected chi connectivity index (χ2v) is 5.43. The van der Waals surface area contributed by atoms with E-state index in [1.165, 1.54) is 10.9 Å². The summed E-state index contributed by atoms with van der Waals surface area (Å²) in [6, 6.07) is 5.93. The Morgan fingerprint density at radius 3 is 2.89 bits per heavy atom. The minimum Gasteiger partial charge on any atom is -0.392 e. The van der Waals surface area contributed by atoms with Crippen LogP contribution in [-0.2, 0) is 13.1 Å². The zero-order valence-corrected chi connectivity index (χ0v) is 12.2. The van der Waals surface area contributed by atoms with Crippen LogP contribution < -0.4 is 5.32 Å². The number of aromatic nitrogens is 1. The van der Waals surface area contributed by atoms with E-state index in [1.807, 2.05) is 12.1 Å². The lowest BCUT2D eigenvalue weighted by molar-refractivity contribution is 0.175. The van der Waals surface area contributed by atoms with E-state index >= 15 is 0 Å². The van der Waals surface area contributed by atoms with E-state index in [4.69, 9.17) is 11.6 Å². The third kappa shape index (κ3) is 3.50. The average molecular weight is 281 g/mol. The topological polar surface area (TPSA) is 37.2 Å². The Balaban J connectivity index is 2.35. The maximum atomic E-state index is 9.59. The Kier molecular flexibility index (Phi) is 4.86. The molecule has 2 aromatic rings. The zero-order valence-electron chi connectivity index (χ0n) is 11.5. The van der Waals surface area contributed by atoms with Gasteiger partial charge in [0.2, 0.25) is 0 Å². The molecule has 0 saturated heterocycles. The van der Waals surface area contributed by atoms with Crippen LogP contribution in [0.4, 0.5) is 0 Å². The van der Waals surface area contributed by atoms with E-state index in [0.717, 1.165) is 30.0 Å². The lowest BCUT2D eigenvalue weighted by Gasteiger charge is -2.07. The van der Waals surface area contributed by atoms with Crippen LogP contribution in [0.5, 0.6) is 0 Å². The van der Waals surface area contributed by atoms with Crippen molar-refractivity contribution in [3.63, 3.8) is 0 Å². The lowest BCUT2D eigenvalue weighted by Crippen LogP contribution is -2.14. The third-order valence-corrected chi connectivity index (χ3v) is 3.37. The van der Waals surface area contributed by atoms with Gasteiger partial charge in [-0.15, -0.1) is 0 Å². The maximum absolute atomic E-state index is 9.59. The van der Waals surface area contributed by atoms with Crippen molar-refractivity contribution in [2.75, 3.05) is 6.54 Å². The molecule has 1 aromatic heterocycles. The van der Waals surface area contributed by atoms with Crippen molar-refractivity contribution in [3.8, 4) is 0 Å². The highest BCUT2D eigenvalue weighted by atomic mass is 35.5. The molecule has 3 nitrogen and oxygen atoms in total. The number of aliphatic hydroxyl groups is 1. The van der Waals surface area contributed by atoms with Gasteiger partial charge in [-0.3, -0.25) is 0 Å². The number of nitrogens with zero attached hydrogens (tertiary/aromatic N) is 1. The molecule has 0 spiro atoms. The number of hydrogen-bond acceptors (Lipinski definition) is 2. The van der Waals surface area contributed by atoms with E-state index < -0.39 is 0 Å². The van der Waals surface area contributed by atoms with Gasteiger partial charge in [-0.25, -0.2) is 0 Å². The molecule has 2 rings (SSSR count). The average Bonchev–Trinajstić information content (AvgIpc) is 2.67. The SMILES string of the molecule is CCCNCc1cn(CC(C)O)c2cc(Cl)ccc12. The smallest absolute Gasteiger partial charge is 0.0691 e. The summed E-state index contributed by atoms with van der Waals surface area (Å²) in [6.45, 7) is 6.40. The molecule has 0 aliphatic carbocycles. The van der Waals surface area contributed by atoms with E-state index in [2.05, 4.69) is 29.1 Å². The number of fused-ring (bicyclic) bond motifs is 1. The molecule has 0 amide bonds. The molecule has 1 heterocycles. The third-order valence-electron chi connectivity index (χ3n) is 3.13. The van der Waals surface area contributed by atoms with Crippen LogP contribution in [-0.4, -0.2) is 22.3 Å². The van der Waals surface area contributed by atoms with Crippen molar-refractivity contribution >= 4 is 22.5 Å². The molecule has 0 bridgehead atoms. The predicted octanol–water partition coefficient (Wildman–Crippen LogP) is 3.18. The number of aliphatic hydroxyl groups excluding tert-OH is 1. The summed E-state index contributed by atoms with van der Waals surface area (Å²) in [4.78, 5) is 0. The van der Waals surface area contributed by atoms with Gasteiger partial charge in [0, 0.05) is 35.2 Å². The molecule has 104 valence electrons. The number of rotatable bonds is 6. The number of halogens is 1. The van der Waals surface area contributed by atoms with Crippen molar-refractivity contribution in [1.29, 1.82) is 0 Å². The molecule has 4 heteroatoms. The molecule has 0 fully saturated rings. The monoisotopic (exact) mass is 280 g/mol. The van der Waals surface area contributed by atoms with Gasteiger partial charge in [-0.1, -0.05) is 24.6 Å². The second-order valence-electron chi connectivity index (χ2n) is 4.99. The van der Waals surface area contributed by atoms with Crippen LogP contribution in [0.1, 0.15) is 25.8 Å². The summed E-state index contributed by atoms with van der Waals surface area (Å²) in [5.41, 5.74) is 2.34. The first kappa shape index (κ1) is 14.4. The highest BCUT2D eigenvalue weighted by Crippen LogP contribution is 2.25. The van der Waals surface area contributed by atoms with Gasteiger partial charge in [0.15, 0.2) is 0 Å². The second kappa shape index (κ2) is 6.42. The lowest BCUT2D eigenvalue weighted by atomic mass is 10.2. The summed E-state index contributed by atoms with van der Waals surface area (Å²) >= 11 is 6.07. The summed E-state index contributed by atoms with van der Waals surface area (Å²) in [5.74, 6) is 0. The summed E-state index contributed by atoms with van der Waals surface area (Å²) in [6.07, 6.45) is 2.86. The first-order chi connectivity index (χ1) is 9.11. The molecule has 2 N–H and O–H groups in total. The fourth-order valence-electron chi connectivity index (χ4n) is 2.32. The van der Waals surface area contributed by atoms with E-state index in [9.17, 15) is 5.11 Å². The van der Waals surface area contributed by atoms with Gasteiger partial charge < -0.3 is 15.0 Å². The van der Waals surface area contributed by atoms with Gasteiger partial charge in [-0.05, 0) is 37.6 Å². The molecule has 0 saturated carbocycles. The standard InChI is InChI=1S/C15H21ClN2O/c1-3-6-17-8-12-10-18(9-11(2)19)15-7-13(16)4-5-14(12)15/h4-5,7,10-11,17,19H,3,6,8-9H2,1-2H3. The summed E-state index contributed by atoms with van der Waals surface area (Å²) in [7, 11) is 0. The molecule has 1 unspecified atom stereocenters. The van der Waals surface area contributed by atoms with Crippen LogP contribution in [0.2, 0.25) is 5.02 Å². The minimum atomic E-state index is -0.369. The van der Waals surface area contributed by atoms with Gasteiger partial charge in [-0.2, -0.15) is 0 Å². The Labute approximate surface area is 119 Å². The Hall–Kier alpha value is -1.03. The maximum Gasteiger partial charge on any atom is 0.0691 e. The van der Waals surface area contributed by atoms with Gasteiger partial charge in [0.1, 0.15) is 0 Å². The van der Waals surface area contributed by atoms with Crippen molar-refractivity contribution in [1.82, 2.24) is 9.88 Å². The van der Waals surface area contributed by atoms with Crippen molar-refractivity contribution in [2.45, 2.75) is 39.5 Å². The van der Waals surface area contributed by atoms with E-state index in [0.29, 0.717) is 6.54 Å². The quantitative estimate of drug-likeness (QED) is 0.798. The molecule has 0 aliphatic rings. The van der Waals surface area contributed by atoms with Crippen LogP contribution in [0.25, 0.3) is 10.9 Å². The molecule has 0 radical (unpaired) electrons. The first-order valence-electron chi connectivity index (χ1n) is 6.78. The van der Waals surface area contributed by atoms with Gasteiger partial charge >= 0.3 is 0 Å². The van der Waals surface area contributed by atoms with Crippen molar-refractivity contribution in [2.24, 2.45) is 0 Å². The minimum absolute atomic E-state index is 0.369. The molecule has 19 heavy (non-hydrogen) atoms. The van der Waals surface area contributed by atoms with E-state index in [-0.39, 0.29) is 6.10 Å². The van der Waals surface area contributed by atoms with Gasteiger partial charge in [0.05, 0.1) is 6.10 Å². The normalized spacial score (nSPS) is 13.1. The largest absolute Gasteiger partial charge is 0.392 e. The highest BCUT2D eigenvalue weighted by molar-refractivity contribution is 6.31. The highest BCUT2D eigenvalue weighted by Gasteiger charge is 2.10. The summed E-state index contributed by atoms with van der Waals surface area (Å²) in [5, 5.41) is 14.9. The zero-order chi connectivity index (χ0) is 13.8. The van der Waals surface area contributed by atoms with Crippen LogP contribution in [0, 0.1) is 0 Å². The Morgan fingerprint density at radius 2 is 2.21 bits per heavy atom. The number of nitrogens with one attached hydrogen (secondary N) is 1. The first-order valence-corrected chi connectivity index (χ1v) is 7.15. The van der Waals surface area contributed by atoms with E-state index in [1.54, 1.807) is 6.92 Å². The van der Waals surface area contributed by atoms with Crippen molar-refractivity contribution < 1.29 is 5.11 Å². The van der Waals surface area contributed by atoms with Crippen LogP contribution in [0.3, 0.4) is 0 Å². The molecular weight excluding hydrogens is 260 g/mol. The number of hydrogen-bond donors (Lipinski definition) is 2. The molecule has 0 aliphatic heterocycles. The fourth-order valence-corrected chi connectivity index (χ4v) is 2.48. The molecule has 1 atom stereocenters. The Bertz CT molecular complexity index is 548. The predicted molar refractivity (Wildman–Crippen MR) is 80.6 cm³/mol. The van der Waals surface area contributed by atoms with Gasteiger partial charge in [0.25, 0.3) is 0 Å². The van der Waals surface area contributed by atoms with Crippen LogP contribution >= 0.6 is 11.6 Å². The molecular formula is C15H21ClN2O. The van der Waals surface area contributed by atoms with Crippen molar-refractivity contribution in [3.05, 3.63) is 35.0 Å². The fraction of sp³-hybridized carbons (Fsp3) is 0.467.